The average molecular weight is 427 g/mol. The number of nitrogens with zero attached hydrogens (tertiary/aromatic N) is 2. The summed E-state index contributed by atoms with van der Waals surface area (Å²) in [5, 5.41) is 9.02. The number of carboxylic acids is 1. The molecule has 0 bridgehead atoms. The zero-order chi connectivity index (χ0) is 19.1. The second-order valence-corrected chi connectivity index (χ2v) is 8.17. The molecular formula is C14H26ClF3N2O5S. The molecular weight excluding hydrogens is 401 g/mol. The Kier molecular flexibility index (Phi) is 11.0. The van der Waals surface area contributed by atoms with E-state index in [1.54, 1.807) is 11.8 Å². The summed E-state index contributed by atoms with van der Waals surface area (Å²) in [7, 11) is -3.26. The van der Waals surface area contributed by atoms with Crippen molar-refractivity contribution in [2.24, 2.45) is 0 Å². The molecule has 0 unspecified atom stereocenters. The van der Waals surface area contributed by atoms with Crippen LogP contribution in [0.15, 0.2) is 0 Å². The van der Waals surface area contributed by atoms with Gasteiger partial charge in [0.2, 0.25) is 10.0 Å². The zero-order valence-corrected chi connectivity index (χ0v) is 16.2. The predicted molar refractivity (Wildman–Crippen MR) is 92.0 cm³/mol. The van der Waals surface area contributed by atoms with Crippen molar-refractivity contribution in [3.63, 3.8) is 0 Å². The van der Waals surface area contributed by atoms with Gasteiger partial charge in [0.1, 0.15) is 6.61 Å². The van der Waals surface area contributed by atoms with Crippen molar-refractivity contribution in [2.45, 2.75) is 38.4 Å². The van der Waals surface area contributed by atoms with E-state index in [4.69, 9.17) is 5.11 Å². The van der Waals surface area contributed by atoms with Crippen molar-refractivity contribution in [1.29, 1.82) is 0 Å². The highest BCUT2D eigenvalue weighted by atomic mass is 35.5. The molecule has 0 saturated carbocycles. The summed E-state index contributed by atoms with van der Waals surface area (Å²) in [5.74, 6) is -1.01. The van der Waals surface area contributed by atoms with Gasteiger partial charge in [-0.1, -0.05) is 0 Å². The maximum atomic E-state index is 12.0. The van der Waals surface area contributed by atoms with E-state index in [1.165, 1.54) is 4.31 Å². The zero-order valence-electron chi connectivity index (χ0n) is 14.6. The number of alkyl halides is 3. The van der Waals surface area contributed by atoms with E-state index in [0.717, 1.165) is 0 Å². The van der Waals surface area contributed by atoms with Crippen molar-refractivity contribution >= 4 is 28.4 Å². The average Bonchev–Trinajstić information content (AvgIpc) is 2.52. The summed E-state index contributed by atoms with van der Waals surface area (Å²) in [6.45, 7) is 0.833. The van der Waals surface area contributed by atoms with E-state index in [2.05, 4.69) is 4.74 Å². The van der Waals surface area contributed by atoms with Crippen molar-refractivity contribution in [3.8, 4) is 0 Å². The lowest BCUT2D eigenvalue weighted by Gasteiger charge is -2.37. The SMILES string of the molecule is CCS(=O)(=O)N1CCC(N(CCCOCC(F)(F)F)CC(=O)O)CC1.Cl. The molecule has 0 amide bonds. The Morgan fingerprint density at radius 3 is 2.35 bits per heavy atom. The predicted octanol–water partition coefficient (Wildman–Crippen LogP) is 1.58. The van der Waals surface area contributed by atoms with Gasteiger partial charge in [0.05, 0.1) is 12.3 Å². The van der Waals surface area contributed by atoms with Crippen molar-refractivity contribution < 1.29 is 36.2 Å². The number of rotatable bonds is 10. The van der Waals surface area contributed by atoms with Crippen LogP contribution in [0.3, 0.4) is 0 Å². The van der Waals surface area contributed by atoms with Gasteiger partial charge < -0.3 is 9.84 Å². The summed E-state index contributed by atoms with van der Waals surface area (Å²) in [4.78, 5) is 12.7. The van der Waals surface area contributed by atoms with Crippen LogP contribution < -0.4 is 0 Å². The number of hydrogen-bond acceptors (Lipinski definition) is 5. The van der Waals surface area contributed by atoms with Gasteiger partial charge in [-0.05, 0) is 26.2 Å². The Hall–Kier alpha value is -0.620. The molecule has 1 aliphatic heterocycles. The van der Waals surface area contributed by atoms with Crippen LogP contribution >= 0.6 is 12.4 Å². The summed E-state index contributed by atoms with van der Waals surface area (Å²) >= 11 is 0. The number of ether oxygens (including phenoxy) is 1. The lowest BCUT2D eigenvalue weighted by molar-refractivity contribution is -0.174. The third kappa shape index (κ3) is 9.36. The van der Waals surface area contributed by atoms with Gasteiger partial charge in [-0.15, -0.1) is 12.4 Å². The third-order valence-corrected chi connectivity index (χ3v) is 5.92. The molecule has 0 aliphatic carbocycles. The molecule has 1 N–H and O–H groups in total. The number of piperidine rings is 1. The van der Waals surface area contributed by atoms with Gasteiger partial charge in [0.15, 0.2) is 0 Å². The van der Waals surface area contributed by atoms with E-state index in [-0.39, 0.29) is 50.3 Å². The van der Waals surface area contributed by atoms with Crippen molar-refractivity contribution in [2.75, 3.05) is 45.1 Å². The fraction of sp³-hybridized carbons (Fsp3) is 0.929. The van der Waals surface area contributed by atoms with E-state index < -0.39 is 28.8 Å². The Labute approximate surface area is 157 Å². The molecule has 1 heterocycles. The first-order valence-electron chi connectivity index (χ1n) is 8.13. The molecule has 1 fully saturated rings. The number of sulfonamides is 1. The molecule has 0 spiro atoms. The fourth-order valence-electron chi connectivity index (χ4n) is 2.79. The number of halogens is 4. The number of carboxylic acid groups (broad SMARTS) is 1. The Morgan fingerprint density at radius 1 is 1.31 bits per heavy atom. The largest absolute Gasteiger partial charge is 0.480 e. The summed E-state index contributed by atoms with van der Waals surface area (Å²) < 4.78 is 65.6. The molecule has 26 heavy (non-hydrogen) atoms. The quantitative estimate of drug-likeness (QED) is 0.534. The molecule has 0 aromatic rings. The fourth-order valence-corrected chi connectivity index (χ4v) is 3.92. The lowest BCUT2D eigenvalue weighted by atomic mass is 10.0. The van der Waals surface area contributed by atoms with Crippen molar-refractivity contribution in [1.82, 2.24) is 9.21 Å². The molecule has 0 radical (unpaired) electrons. The van der Waals surface area contributed by atoms with Gasteiger partial charge >= 0.3 is 12.1 Å². The highest BCUT2D eigenvalue weighted by Gasteiger charge is 2.30. The van der Waals surface area contributed by atoms with Gasteiger partial charge in [-0.3, -0.25) is 9.69 Å². The van der Waals surface area contributed by atoms with Crippen LogP contribution in [-0.4, -0.2) is 86.1 Å². The number of aliphatic carboxylic acids is 1. The minimum atomic E-state index is -4.38. The summed E-state index contributed by atoms with van der Waals surface area (Å²) in [5.41, 5.74) is 0. The Morgan fingerprint density at radius 2 is 1.88 bits per heavy atom. The van der Waals surface area contributed by atoms with E-state index >= 15 is 0 Å². The molecule has 1 rings (SSSR count). The monoisotopic (exact) mass is 426 g/mol. The van der Waals surface area contributed by atoms with Gasteiger partial charge in [0.25, 0.3) is 0 Å². The normalized spacial score (nSPS) is 17.3. The molecule has 0 atom stereocenters. The van der Waals surface area contributed by atoms with Crippen LogP contribution in [0.1, 0.15) is 26.2 Å². The summed E-state index contributed by atoms with van der Waals surface area (Å²) in [6.07, 6.45) is -3.11. The van der Waals surface area contributed by atoms with Crippen molar-refractivity contribution in [3.05, 3.63) is 0 Å². The third-order valence-electron chi connectivity index (χ3n) is 4.04. The maximum absolute atomic E-state index is 12.0. The van der Waals surface area contributed by atoms with Crippen LogP contribution in [0, 0.1) is 0 Å². The minimum Gasteiger partial charge on any atom is -0.480 e. The second-order valence-electron chi connectivity index (χ2n) is 5.92. The van der Waals surface area contributed by atoms with E-state index in [1.807, 2.05) is 0 Å². The first-order chi connectivity index (χ1) is 11.5. The van der Waals surface area contributed by atoms with Crippen LogP contribution in [0.25, 0.3) is 0 Å². The Balaban J connectivity index is 0.00000625. The van der Waals surface area contributed by atoms with Gasteiger partial charge in [-0.2, -0.15) is 13.2 Å². The number of hydrogen-bond donors (Lipinski definition) is 1. The smallest absolute Gasteiger partial charge is 0.411 e. The minimum absolute atomic E-state index is 0. The molecule has 12 heteroatoms. The second kappa shape index (κ2) is 11.3. The van der Waals surface area contributed by atoms with Gasteiger partial charge in [0, 0.05) is 32.3 Å². The van der Waals surface area contributed by atoms with E-state index in [0.29, 0.717) is 25.9 Å². The first-order valence-corrected chi connectivity index (χ1v) is 9.74. The molecule has 7 nitrogen and oxygen atoms in total. The first kappa shape index (κ1) is 25.4. The lowest BCUT2D eigenvalue weighted by Crippen LogP contribution is -2.48. The molecule has 0 aromatic heterocycles. The van der Waals surface area contributed by atoms with Crippen LogP contribution in [0.5, 0.6) is 0 Å². The number of carbonyl (C=O) groups is 1. The standard InChI is InChI=1S/C14H25F3N2O5S.ClH/c1-2-25(22,23)19-7-4-12(5-8-19)18(10-13(20)21)6-3-9-24-11-14(15,16)17;/h12H,2-11H2,1H3,(H,20,21);1H. The van der Waals surface area contributed by atoms with Crippen LogP contribution in [0.2, 0.25) is 0 Å². The molecule has 0 aromatic carbocycles. The summed E-state index contributed by atoms with van der Waals surface area (Å²) in [6, 6.07) is -0.109. The Bertz CT molecular complexity index is 525. The highest BCUT2D eigenvalue weighted by Crippen LogP contribution is 2.20. The van der Waals surface area contributed by atoms with Crippen LogP contribution in [-0.2, 0) is 19.6 Å². The topological polar surface area (TPSA) is 87.2 Å². The molecule has 156 valence electrons. The molecule has 1 saturated heterocycles. The van der Waals surface area contributed by atoms with Crippen LogP contribution in [0.4, 0.5) is 13.2 Å². The van der Waals surface area contributed by atoms with Gasteiger partial charge in [-0.25, -0.2) is 12.7 Å². The highest BCUT2D eigenvalue weighted by molar-refractivity contribution is 7.89. The molecule has 1 aliphatic rings. The van der Waals surface area contributed by atoms with E-state index in [9.17, 15) is 26.4 Å². The maximum Gasteiger partial charge on any atom is 0.411 e.